The van der Waals surface area contributed by atoms with Gasteiger partial charge in [-0.25, -0.2) is 0 Å². The van der Waals surface area contributed by atoms with Crippen LogP contribution in [0.2, 0.25) is 0 Å². The molecule has 2 saturated carbocycles. The molecule has 0 saturated heterocycles. The van der Waals surface area contributed by atoms with Crippen molar-refractivity contribution in [3.8, 4) is 5.75 Å². The fourth-order valence-corrected chi connectivity index (χ4v) is 6.12. The van der Waals surface area contributed by atoms with Crippen molar-refractivity contribution in [3.63, 3.8) is 0 Å². The third-order valence-corrected chi connectivity index (χ3v) is 7.40. The van der Waals surface area contributed by atoms with E-state index in [2.05, 4.69) is 32.1 Å². The van der Waals surface area contributed by atoms with Gasteiger partial charge in [0.1, 0.15) is 5.75 Å². The molecule has 0 bridgehead atoms. The summed E-state index contributed by atoms with van der Waals surface area (Å²) in [4.78, 5) is 0. The standard InChI is InChI=1S/C22H30O/c1-3-4-5-16-7-11-21-20-9-6-15-14-17(23)8-10-18(15)19(20)12-13-22(16,21)2/h6,8-10,14,16,19-21,23H,3-5,7,11-13H2,1-2H3/t16-,19?,20?,21?,22+/m0/s1. The van der Waals surface area contributed by atoms with Crippen molar-refractivity contribution in [3.05, 3.63) is 35.4 Å². The maximum atomic E-state index is 9.76. The van der Waals surface area contributed by atoms with Gasteiger partial charge in [0.2, 0.25) is 0 Å². The van der Waals surface area contributed by atoms with Gasteiger partial charge in [-0.2, -0.15) is 0 Å². The average molecular weight is 310 g/mol. The van der Waals surface area contributed by atoms with Crippen LogP contribution in [0.25, 0.3) is 6.08 Å². The van der Waals surface area contributed by atoms with Crippen LogP contribution in [0.4, 0.5) is 0 Å². The molecular weight excluding hydrogens is 280 g/mol. The van der Waals surface area contributed by atoms with E-state index in [-0.39, 0.29) is 0 Å². The maximum Gasteiger partial charge on any atom is 0.116 e. The normalized spacial score (nSPS) is 38.0. The predicted octanol–water partition coefficient (Wildman–Crippen LogP) is 6.14. The van der Waals surface area contributed by atoms with Crippen LogP contribution in [0.1, 0.15) is 75.8 Å². The Morgan fingerprint density at radius 2 is 2.09 bits per heavy atom. The largest absolute Gasteiger partial charge is 0.508 e. The summed E-state index contributed by atoms with van der Waals surface area (Å²) in [6.07, 6.45) is 14.5. The van der Waals surface area contributed by atoms with E-state index in [0.29, 0.717) is 17.1 Å². The van der Waals surface area contributed by atoms with Gasteiger partial charge in [-0.3, -0.25) is 0 Å². The number of phenols is 1. The molecule has 4 rings (SSSR count). The average Bonchev–Trinajstić information content (AvgIpc) is 2.89. The highest BCUT2D eigenvalue weighted by Crippen LogP contribution is 2.63. The van der Waals surface area contributed by atoms with Crippen LogP contribution in [0.3, 0.4) is 0 Å². The predicted molar refractivity (Wildman–Crippen MR) is 96.5 cm³/mol. The van der Waals surface area contributed by atoms with Crippen molar-refractivity contribution in [2.45, 2.75) is 64.7 Å². The number of hydrogen-bond acceptors (Lipinski definition) is 1. The zero-order chi connectivity index (χ0) is 16.0. The SMILES string of the molecule is CCCC[C@H]1CCC2C3C=Cc4cc(O)ccc4C3CC[C@@]21C. The first-order valence-electron chi connectivity index (χ1n) is 9.64. The minimum atomic E-state index is 0.396. The van der Waals surface area contributed by atoms with Crippen molar-refractivity contribution in [1.82, 2.24) is 0 Å². The fraction of sp³-hybridized carbons (Fsp3) is 0.636. The van der Waals surface area contributed by atoms with Gasteiger partial charge in [0.05, 0.1) is 0 Å². The highest BCUT2D eigenvalue weighted by Gasteiger charge is 2.53. The summed E-state index contributed by atoms with van der Waals surface area (Å²) in [5.41, 5.74) is 3.29. The van der Waals surface area contributed by atoms with E-state index in [1.165, 1.54) is 56.1 Å². The van der Waals surface area contributed by atoms with E-state index in [4.69, 9.17) is 0 Å². The van der Waals surface area contributed by atoms with Gasteiger partial charge in [0.15, 0.2) is 0 Å². The molecule has 0 amide bonds. The van der Waals surface area contributed by atoms with Crippen molar-refractivity contribution in [2.75, 3.05) is 0 Å². The minimum absolute atomic E-state index is 0.396. The molecule has 1 N–H and O–H groups in total. The lowest BCUT2D eigenvalue weighted by Gasteiger charge is -2.49. The first-order valence-corrected chi connectivity index (χ1v) is 9.64. The van der Waals surface area contributed by atoms with Gasteiger partial charge >= 0.3 is 0 Å². The van der Waals surface area contributed by atoms with Crippen molar-refractivity contribution in [2.24, 2.45) is 23.2 Å². The van der Waals surface area contributed by atoms with Crippen molar-refractivity contribution in [1.29, 1.82) is 0 Å². The Kier molecular flexibility index (Phi) is 3.78. The molecule has 2 fully saturated rings. The third-order valence-electron chi connectivity index (χ3n) is 7.40. The van der Waals surface area contributed by atoms with Gasteiger partial charge in [0.25, 0.3) is 0 Å². The number of hydrogen-bond donors (Lipinski definition) is 1. The molecule has 0 radical (unpaired) electrons. The molecule has 0 aliphatic heterocycles. The second-order valence-electron chi connectivity index (χ2n) is 8.42. The summed E-state index contributed by atoms with van der Waals surface area (Å²) in [5.74, 6) is 3.60. The van der Waals surface area contributed by atoms with Gasteiger partial charge in [0, 0.05) is 0 Å². The molecule has 3 unspecified atom stereocenters. The second-order valence-corrected chi connectivity index (χ2v) is 8.42. The molecule has 0 spiro atoms. The number of benzene rings is 1. The lowest BCUT2D eigenvalue weighted by Crippen LogP contribution is -2.40. The Morgan fingerprint density at radius 3 is 2.91 bits per heavy atom. The molecule has 3 aliphatic carbocycles. The Balaban J connectivity index is 1.62. The molecule has 1 aromatic carbocycles. The molecular formula is C22H30O. The van der Waals surface area contributed by atoms with Crippen LogP contribution in [0, 0.1) is 23.2 Å². The number of rotatable bonds is 3. The molecule has 23 heavy (non-hydrogen) atoms. The number of unbranched alkanes of at least 4 members (excludes halogenated alkanes) is 1. The van der Waals surface area contributed by atoms with E-state index in [9.17, 15) is 5.11 Å². The first kappa shape index (κ1) is 15.3. The van der Waals surface area contributed by atoms with Gasteiger partial charge in [-0.15, -0.1) is 0 Å². The summed E-state index contributed by atoms with van der Waals surface area (Å²) in [6.45, 7) is 4.92. The van der Waals surface area contributed by atoms with Crippen molar-refractivity contribution < 1.29 is 5.11 Å². The summed E-state index contributed by atoms with van der Waals surface area (Å²) in [6, 6.07) is 5.99. The molecule has 5 atom stereocenters. The Hall–Kier alpha value is -1.24. The highest BCUT2D eigenvalue weighted by molar-refractivity contribution is 5.60. The Morgan fingerprint density at radius 1 is 1.22 bits per heavy atom. The maximum absolute atomic E-state index is 9.76. The number of aromatic hydroxyl groups is 1. The zero-order valence-electron chi connectivity index (χ0n) is 14.6. The lowest BCUT2D eigenvalue weighted by molar-refractivity contribution is 0.0514. The van der Waals surface area contributed by atoms with Crippen molar-refractivity contribution >= 4 is 6.08 Å². The van der Waals surface area contributed by atoms with Crippen LogP contribution >= 0.6 is 0 Å². The molecule has 1 heteroatoms. The smallest absolute Gasteiger partial charge is 0.116 e. The molecule has 1 aromatic rings. The van der Waals surface area contributed by atoms with E-state index >= 15 is 0 Å². The molecule has 124 valence electrons. The van der Waals surface area contributed by atoms with Gasteiger partial charge < -0.3 is 5.11 Å². The Bertz CT molecular complexity index is 616. The molecule has 1 nitrogen and oxygen atoms in total. The van der Waals surface area contributed by atoms with Crippen LogP contribution in [0.5, 0.6) is 5.75 Å². The van der Waals surface area contributed by atoms with Gasteiger partial charge in [-0.1, -0.05) is 44.9 Å². The molecule has 0 aromatic heterocycles. The summed E-state index contributed by atoms with van der Waals surface area (Å²) < 4.78 is 0. The topological polar surface area (TPSA) is 20.2 Å². The number of allylic oxidation sites excluding steroid dienone is 1. The van der Waals surface area contributed by atoms with E-state index < -0.39 is 0 Å². The minimum Gasteiger partial charge on any atom is -0.508 e. The van der Waals surface area contributed by atoms with Crippen LogP contribution in [-0.4, -0.2) is 5.11 Å². The van der Waals surface area contributed by atoms with Gasteiger partial charge in [-0.05, 0) is 84.5 Å². The Labute approximate surface area is 140 Å². The lowest BCUT2D eigenvalue weighted by atomic mass is 9.55. The monoisotopic (exact) mass is 310 g/mol. The van der Waals surface area contributed by atoms with E-state index in [1.807, 2.05) is 12.1 Å². The number of phenolic OH excluding ortho intramolecular Hbond substituents is 1. The first-order chi connectivity index (χ1) is 11.1. The van der Waals surface area contributed by atoms with Crippen LogP contribution < -0.4 is 0 Å². The van der Waals surface area contributed by atoms with E-state index in [1.54, 1.807) is 0 Å². The fourth-order valence-electron chi connectivity index (χ4n) is 6.12. The summed E-state index contributed by atoms with van der Waals surface area (Å²) >= 11 is 0. The summed E-state index contributed by atoms with van der Waals surface area (Å²) in [7, 11) is 0. The van der Waals surface area contributed by atoms with E-state index in [0.717, 1.165) is 17.8 Å². The highest BCUT2D eigenvalue weighted by atomic mass is 16.3. The third kappa shape index (κ3) is 2.35. The molecule has 3 aliphatic rings. The summed E-state index contributed by atoms with van der Waals surface area (Å²) in [5, 5.41) is 9.76. The molecule has 0 heterocycles. The van der Waals surface area contributed by atoms with Crippen LogP contribution in [0.15, 0.2) is 24.3 Å². The van der Waals surface area contributed by atoms with Crippen LogP contribution in [-0.2, 0) is 0 Å². The zero-order valence-corrected chi connectivity index (χ0v) is 14.6. The quantitative estimate of drug-likeness (QED) is 0.711. The number of fused-ring (bicyclic) bond motifs is 5. The second kappa shape index (κ2) is 5.69.